The maximum absolute atomic E-state index is 14.6. The molecular weight excluding hydrogens is 607 g/mol. The van der Waals surface area contributed by atoms with Crippen LogP contribution in [0.2, 0.25) is 0 Å². The van der Waals surface area contributed by atoms with E-state index in [1.54, 1.807) is 55.5 Å². The average molecular weight is 641 g/mol. The number of hydrogen-bond acceptors (Lipinski definition) is 11. The van der Waals surface area contributed by atoms with E-state index in [2.05, 4.69) is 5.09 Å². The van der Waals surface area contributed by atoms with Crippen LogP contribution in [0.3, 0.4) is 0 Å². The molecule has 6 N–H and O–H groups in total. The number of fused-ring (bicyclic) bond motifs is 1. The second-order valence-electron chi connectivity index (χ2n) is 10.4. The smallest absolute Gasteiger partial charge is 0.459 e. The number of nitrogens with one attached hydrogen (secondary N) is 2. The molecule has 1 saturated heterocycles. The van der Waals surface area contributed by atoms with E-state index in [1.165, 1.54) is 0 Å². The summed E-state index contributed by atoms with van der Waals surface area (Å²) in [5.41, 5.74) is 3.21. The van der Waals surface area contributed by atoms with E-state index in [9.17, 15) is 29.2 Å². The van der Waals surface area contributed by atoms with Crippen LogP contribution in [0.25, 0.3) is 10.8 Å². The van der Waals surface area contributed by atoms with Crippen molar-refractivity contribution in [1.29, 1.82) is 0 Å². The first-order valence-electron chi connectivity index (χ1n) is 14.1. The Balaban J connectivity index is 1.47. The van der Waals surface area contributed by atoms with Crippen molar-refractivity contribution in [2.24, 2.45) is 5.73 Å². The summed E-state index contributed by atoms with van der Waals surface area (Å²) in [6.45, 7) is 0.846. The lowest BCUT2D eigenvalue weighted by Gasteiger charge is -2.30. The highest BCUT2D eigenvalue weighted by molar-refractivity contribution is 7.52. The van der Waals surface area contributed by atoms with Crippen LogP contribution in [0, 0.1) is 0 Å². The molecule has 0 saturated carbocycles. The van der Waals surface area contributed by atoms with Crippen LogP contribution in [0.1, 0.15) is 18.7 Å². The minimum Gasteiger partial charge on any atom is -0.465 e. The summed E-state index contributed by atoms with van der Waals surface area (Å²) in [4.78, 5) is 39.0. The van der Waals surface area contributed by atoms with E-state index in [-0.39, 0.29) is 18.8 Å². The predicted molar refractivity (Wildman–Crippen MR) is 162 cm³/mol. The van der Waals surface area contributed by atoms with Gasteiger partial charge < -0.3 is 24.2 Å². The van der Waals surface area contributed by atoms with Gasteiger partial charge >= 0.3 is 19.4 Å². The van der Waals surface area contributed by atoms with Gasteiger partial charge in [0.05, 0.1) is 6.61 Å². The number of carbonyl (C=O) groups excluding carboxylic acids is 1. The van der Waals surface area contributed by atoms with E-state index in [1.807, 2.05) is 29.2 Å². The minimum atomic E-state index is -4.58. The van der Waals surface area contributed by atoms with Crippen molar-refractivity contribution in [3.63, 3.8) is 0 Å². The van der Waals surface area contributed by atoms with E-state index >= 15 is 0 Å². The van der Waals surface area contributed by atoms with Crippen LogP contribution in [0.15, 0.2) is 94.6 Å². The molecule has 5 rings (SSSR count). The fourth-order valence-electron chi connectivity index (χ4n) is 4.92. The number of carbonyl (C=O) groups is 1. The molecule has 1 aliphatic heterocycles. The molecule has 0 radical (unpaired) electrons. The zero-order valence-corrected chi connectivity index (χ0v) is 25.0. The molecule has 1 fully saturated rings. The molecule has 1 unspecified atom stereocenters. The highest BCUT2D eigenvalue weighted by Crippen LogP contribution is 2.48. The number of aromatic amines is 1. The van der Waals surface area contributed by atoms with E-state index in [4.69, 9.17) is 24.3 Å². The second kappa shape index (κ2) is 13.5. The molecule has 45 heavy (non-hydrogen) atoms. The summed E-state index contributed by atoms with van der Waals surface area (Å²) in [6.07, 6.45) is -4.02. The van der Waals surface area contributed by atoms with E-state index in [0.717, 1.165) is 27.8 Å². The molecule has 1 aliphatic rings. The van der Waals surface area contributed by atoms with Crippen LogP contribution in [-0.2, 0) is 29.8 Å². The number of aromatic nitrogens is 2. The number of nitrogens with two attached hydrogens (primary N) is 1. The number of nitrogens with zero attached hydrogens (tertiary/aromatic N) is 1. The zero-order chi connectivity index (χ0) is 32.2. The lowest BCUT2D eigenvalue weighted by molar-refractivity contribution is -0.145. The highest BCUT2D eigenvalue weighted by Gasteiger charge is 2.54. The van der Waals surface area contributed by atoms with Crippen LogP contribution in [0.5, 0.6) is 5.75 Å². The normalized spacial score (nSPS) is 23.3. The second-order valence-corrected chi connectivity index (χ2v) is 12.1. The average Bonchev–Trinajstić information content (AvgIpc) is 3.25. The highest BCUT2D eigenvalue weighted by atomic mass is 31.2. The molecule has 15 heteroatoms. The molecular formula is C30H33N4O10P. The van der Waals surface area contributed by atoms with Crippen molar-refractivity contribution in [3.05, 3.63) is 111 Å². The maximum atomic E-state index is 14.6. The number of rotatable bonds is 12. The zero-order valence-electron chi connectivity index (χ0n) is 24.1. The number of aliphatic hydroxyl groups is 2. The Morgan fingerprint density at radius 2 is 1.80 bits per heavy atom. The number of esters is 1. The molecule has 2 heterocycles. The van der Waals surface area contributed by atoms with Crippen molar-refractivity contribution in [2.75, 3.05) is 13.2 Å². The Bertz CT molecular complexity index is 1810. The molecule has 1 aromatic heterocycles. The Kier molecular flexibility index (Phi) is 9.65. The van der Waals surface area contributed by atoms with Gasteiger partial charge in [-0.1, -0.05) is 66.7 Å². The third-order valence-electron chi connectivity index (χ3n) is 7.18. The molecule has 0 amide bonds. The van der Waals surface area contributed by atoms with Gasteiger partial charge in [0.1, 0.15) is 30.6 Å². The van der Waals surface area contributed by atoms with Gasteiger partial charge in [-0.2, -0.15) is 5.09 Å². The quantitative estimate of drug-likeness (QED) is 0.111. The number of aliphatic hydroxyl groups excluding tert-OH is 2. The van der Waals surface area contributed by atoms with Crippen molar-refractivity contribution in [2.45, 2.75) is 43.5 Å². The minimum absolute atomic E-state index is 0.0503. The monoisotopic (exact) mass is 640 g/mol. The van der Waals surface area contributed by atoms with E-state index < -0.39 is 61.8 Å². The SMILES string of the molecule is CCOC(=O)[C@H](Cc1ccccc1)NP(=O)(OC[C@@]1(N)O[C@@H](n2ccc(=O)[nH]c2=O)[C@H](O)[C@@H]1O)Oc1cccc2ccccc12. The Hall–Kier alpha value is -4.14. The molecule has 4 aromatic rings. The van der Waals surface area contributed by atoms with Gasteiger partial charge in [-0.05, 0) is 30.4 Å². The predicted octanol–water partition coefficient (Wildman–Crippen LogP) is 1.56. The summed E-state index contributed by atoms with van der Waals surface area (Å²) >= 11 is 0. The first-order chi connectivity index (χ1) is 21.5. The van der Waals surface area contributed by atoms with Gasteiger partial charge in [0.15, 0.2) is 12.0 Å². The lowest BCUT2D eigenvalue weighted by Crippen LogP contribution is -2.55. The maximum Gasteiger partial charge on any atom is 0.459 e. The Labute approximate surface area is 256 Å². The van der Waals surface area contributed by atoms with Gasteiger partial charge in [-0.25, -0.2) is 9.36 Å². The third kappa shape index (κ3) is 7.24. The number of hydrogen-bond donors (Lipinski definition) is 5. The molecule has 14 nitrogen and oxygen atoms in total. The van der Waals surface area contributed by atoms with E-state index in [0.29, 0.717) is 5.39 Å². The van der Waals surface area contributed by atoms with Crippen LogP contribution in [-0.4, -0.2) is 62.9 Å². The number of H-pyrrole nitrogens is 1. The number of ether oxygens (including phenoxy) is 2. The Morgan fingerprint density at radius 3 is 2.53 bits per heavy atom. The van der Waals surface area contributed by atoms with Gasteiger partial charge in [0.25, 0.3) is 5.56 Å². The molecule has 6 atom stereocenters. The van der Waals surface area contributed by atoms with Crippen LogP contribution >= 0.6 is 7.75 Å². The standard InChI is InChI=1S/C30H33N4O10P/c1-2-41-28(38)22(17-19-9-4-3-5-10-19)33-45(40,44-23-14-8-12-20-11-6-7-13-21(20)23)42-18-30(31)26(37)25(36)27(43-30)34-16-15-24(35)32-29(34)39/h3-16,22,25-27,36-37H,2,17-18,31H2,1H3,(H,33,40)(H,32,35,39)/t22-,25+,26-,27+,30+,45?/m0/s1. The largest absolute Gasteiger partial charge is 0.465 e. The molecule has 238 valence electrons. The van der Waals surface area contributed by atoms with Gasteiger partial charge in [-0.15, -0.1) is 0 Å². The Morgan fingerprint density at radius 1 is 1.09 bits per heavy atom. The summed E-state index contributed by atoms with van der Waals surface area (Å²) in [5.74, 6) is -0.567. The van der Waals surface area contributed by atoms with Crippen molar-refractivity contribution < 1.29 is 38.1 Å². The lowest BCUT2D eigenvalue weighted by atomic mass is 10.1. The van der Waals surface area contributed by atoms with Crippen LogP contribution < -0.4 is 26.6 Å². The van der Waals surface area contributed by atoms with Crippen molar-refractivity contribution in [1.82, 2.24) is 14.6 Å². The summed E-state index contributed by atoms with van der Waals surface area (Å²) in [5, 5.41) is 25.6. The fourth-order valence-corrected chi connectivity index (χ4v) is 6.47. The fraction of sp³-hybridized carbons (Fsp3) is 0.300. The van der Waals surface area contributed by atoms with Gasteiger partial charge in [-0.3, -0.25) is 29.4 Å². The van der Waals surface area contributed by atoms with Crippen LogP contribution in [0.4, 0.5) is 0 Å². The van der Waals surface area contributed by atoms with Gasteiger partial charge in [0.2, 0.25) is 0 Å². The first kappa shape index (κ1) is 32.3. The molecule has 0 spiro atoms. The van der Waals surface area contributed by atoms with Crippen molar-refractivity contribution >= 4 is 24.5 Å². The first-order valence-corrected chi connectivity index (χ1v) is 15.6. The molecule has 0 aliphatic carbocycles. The third-order valence-corrected chi connectivity index (χ3v) is 8.71. The summed E-state index contributed by atoms with van der Waals surface area (Å²) in [6, 6.07) is 21.0. The number of benzene rings is 3. The summed E-state index contributed by atoms with van der Waals surface area (Å²) in [7, 11) is -4.58. The topological polar surface area (TPSA) is 204 Å². The molecule has 3 aromatic carbocycles. The summed E-state index contributed by atoms with van der Waals surface area (Å²) < 4.78 is 38.1. The molecule has 0 bridgehead atoms. The van der Waals surface area contributed by atoms with Crippen molar-refractivity contribution in [3.8, 4) is 5.75 Å². The van der Waals surface area contributed by atoms with Gasteiger partial charge in [0, 0.05) is 17.6 Å².